The Labute approximate surface area is 298 Å². The van der Waals surface area contributed by atoms with E-state index in [2.05, 4.69) is 57.0 Å². The second-order valence-corrected chi connectivity index (χ2v) is 16.1. The summed E-state index contributed by atoms with van der Waals surface area (Å²) in [6, 6.07) is 14.7. The molecule has 4 aliphatic rings. The zero-order valence-electron chi connectivity index (χ0n) is 30.2. The van der Waals surface area contributed by atoms with E-state index in [4.69, 9.17) is 9.97 Å². The summed E-state index contributed by atoms with van der Waals surface area (Å²) in [5.74, 6) is 0.750. The molecule has 2 aromatic heterocycles. The minimum absolute atomic E-state index is 0.116. The van der Waals surface area contributed by atoms with Crippen molar-refractivity contribution in [1.29, 1.82) is 0 Å². The Balaban J connectivity index is 1.13. The van der Waals surface area contributed by atoms with Crippen LogP contribution in [0.3, 0.4) is 0 Å². The molecule has 1 amide bonds. The van der Waals surface area contributed by atoms with Gasteiger partial charge in [-0.25, -0.2) is 18.7 Å². The molecule has 0 spiro atoms. The summed E-state index contributed by atoms with van der Waals surface area (Å²) >= 11 is 0. The molecule has 4 heterocycles. The van der Waals surface area contributed by atoms with Gasteiger partial charge in [-0.1, -0.05) is 24.6 Å². The molecular formula is C40H49F2N7O2. The molecule has 1 unspecified atom stereocenters. The molecule has 11 heteroatoms. The number of nitrogens with zero attached hydrogens (tertiary/aromatic N) is 5. The van der Waals surface area contributed by atoms with E-state index in [9.17, 15) is 18.7 Å². The number of fused-ring (bicyclic) bond motifs is 2. The maximum Gasteiger partial charge on any atom is 0.256 e. The maximum atomic E-state index is 14.0. The number of hydrogen-bond acceptors (Lipinski definition) is 7. The number of aliphatic hydroxyl groups is 1. The third kappa shape index (κ3) is 5.91. The van der Waals surface area contributed by atoms with Gasteiger partial charge in [-0.05, 0) is 122 Å². The summed E-state index contributed by atoms with van der Waals surface area (Å²) in [5, 5.41) is 17.3. The molecule has 0 radical (unpaired) electrons. The van der Waals surface area contributed by atoms with Crippen molar-refractivity contribution in [2.45, 2.75) is 121 Å². The average Bonchev–Trinajstić information content (AvgIpc) is 3.69. The van der Waals surface area contributed by atoms with E-state index in [1.165, 1.54) is 19.3 Å². The third-order valence-corrected chi connectivity index (χ3v) is 11.9. The van der Waals surface area contributed by atoms with E-state index < -0.39 is 23.6 Å². The van der Waals surface area contributed by atoms with Crippen LogP contribution in [0.25, 0.3) is 22.3 Å². The first-order valence-electron chi connectivity index (χ1n) is 18.6. The lowest BCUT2D eigenvalue weighted by Gasteiger charge is -2.48. The van der Waals surface area contributed by atoms with Crippen molar-refractivity contribution < 1.29 is 18.7 Å². The van der Waals surface area contributed by atoms with Crippen molar-refractivity contribution in [3.63, 3.8) is 0 Å². The summed E-state index contributed by atoms with van der Waals surface area (Å²) < 4.78 is 29.5. The molecule has 2 aliphatic heterocycles. The second kappa shape index (κ2) is 12.6. The number of aryl methyl sites for hydroxylation is 1. The Kier molecular flexibility index (Phi) is 8.46. The van der Waals surface area contributed by atoms with Crippen LogP contribution >= 0.6 is 0 Å². The number of anilines is 3. The molecule has 51 heavy (non-hydrogen) atoms. The van der Waals surface area contributed by atoms with Crippen molar-refractivity contribution in [1.82, 2.24) is 24.8 Å². The summed E-state index contributed by atoms with van der Waals surface area (Å²) in [7, 11) is 0. The van der Waals surface area contributed by atoms with Gasteiger partial charge in [-0.3, -0.25) is 10.1 Å². The number of piperidine rings is 1. The monoisotopic (exact) mass is 697 g/mol. The topological polar surface area (TPSA) is 98.6 Å². The number of nitrogens with one attached hydrogen (secondary N) is 2. The number of likely N-dealkylation sites (tertiary alicyclic amines) is 1. The zero-order valence-corrected chi connectivity index (χ0v) is 30.2. The number of aliphatic hydroxyl groups excluding tert-OH is 1. The molecule has 3 N–H and O–H groups in total. The molecule has 270 valence electrons. The van der Waals surface area contributed by atoms with Gasteiger partial charge in [0.15, 0.2) is 5.82 Å². The summed E-state index contributed by atoms with van der Waals surface area (Å²) in [6.45, 7) is 12.4. The number of rotatable bonds is 10. The van der Waals surface area contributed by atoms with Gasteiger partial charge in [-0.15, -0.1) is 0 Å². The summed E-state index contributed by atoms with van der Waals surface area (Å²) in [4.78, 5) is 28.6. The number of pyridine rings is 1. The van der Waals surface area contributed by atoms with Crippen LogP contribution in [0.15, 0.2) is 48.8 Å². The first kappa shape index (κ1) is 34.2. The van der Waals surface area contributed by atoms with Gasteiger partial charge in [-0.2, -0.15) is 0 Å². The average molecular weight is 698 g/mol. The van der Waals surface area contributed by atoms with E-state index in [-0.39, 0.29) is 18.0 Å². The maximum absolute atomic E-state index is 14.0. The van der Waals surface area contributed by atoms with Gasteiger partial charge in [0.1, 0.15) is 11.7 Å². The quantitative estimate of drug-likeness (QED) is 0.146. The van der Waals surface area contributed by atoms with Crippen LogP contribution in [0.4, 0.5) is 26.0 Å². The van der Waals surface area contributed by atoms with E-state index in [0.29, 0.717) is 36.0 Å². The van der Waals surface area contributed by atoms with Crippen molar-refractivity contribution in [3.05, 3.63) is 65.5 Å². The number of aromatic nitrogens is 3. The zero-order chi connectivity index (χ0) is 35.8. The van der Waals surface area contributed by atoms with Crippen LogP contribution in [-0.2, 0) is 10.2 Å². The molecule has 4 aromatic rings. The van der Waals surface area contributed by atoms with Crippen LogP contribution in [0.2, 0.25) is 0 Å². The minimum atomic E-state index is -2.55. The number of alkyl halides is 2. The Morgan fingerprint density at radius 3 is 2.41 bits per heavy atom. The van der Waals surface area contributed by atoms with Crippen molar-refractivity contribution in [2.75, 3.05) is 23.3 Å². The molecule has 2 aliphatic carbocycles. The number of halogens is 2. The number of benzene rings is 2. The fourth-order valence-corrected chi connectivity index (χ4v) is 8.40. The van der Waals surface area contributed by atoms with Gasteiger partial charge >= 0.3 is 0 Å². The highest BCUT2D eigenvalue weighted by molar-refractivity contribution is 6.08. The van der Waals surface area contributed by atoms with Crippen LogP contribution in [0, 0.1) is 6.92 Å². The van der Waals surface area contributed by atoms with Crippen LogP contribution in [-0.4, -0.2) is 67.6 Å². The van der Waals surface area contributed by atoms with E-state index in [1.807, 2.05) is 45.3 Å². The Morgan fingerprint density at radius 2 is 1.73 bits per heavy atom. The number of carbonyl (C=O) groups is 1. The standard InChI is InChI=1S/C40H49F2N7O2/c1-23(2)48-22-43-32-21-31(45-35(34(32)48)44-26-11-9-24(3)29(18-26)36(50)46-40(13-14-40)37(41)42)25-10-12-30-33(17-25)49(38(51)39(30,4)5)28-19-27(20-28)47-15-7-6-8-16-47/h9-12,17-18,21-23,27-28,36-37,46,50H,6-8,13-16,19-20H2,1-5H3,(H,44,45). The number of imidazole rings is 1. The lowest BCUT2D eigenvalue weighted by Crippen LogP contribution is -2.57. The van der Waals surface area contributed by atoms with Gasteiger partial charge in [0.05, 0.1) is 28.5 Å². The van der Waals surface area contributed by atoms with E-state index in [1.54, 1.807) is 6.07 Å². The number of amides is 1. The lowest BCUT2D eigenvalue weighted by molar-refractivity contribution is -0.123. The largest absolute Gasteiger partial charge is 0.374 e. The van der Waals surface area contributed by atoms with Crippen LogP contribution < -0.4 is 15.5 Å². The van der Waals surface area contributed by atoms with Crippen LogP contribution in [0.5, 0.6) is 0 Å². The first-order chi connectivity index (χ1) is 24.4. The van der Waals surface area contributed by atoms with E-state index >= 15 is 0 Å². The minimum Gasteiger partial charge on any atom is -0.374 e. The Hall–Kier alpha value is -3.93. The highest BCUT2D eigenvalue weighted by Crippen LogP contribution is 2.48. The highest BCUT2D eigenvalue weighted by atomic mass is 19.3. The van der Waals surface area contributed by atoms with Gasteiger partial charge in [0.25, 0.3) is 6.43 Å². The predicted molar refractivity (Wildman–Crippen MR) is 197 cm³/mol. The van der Waals surface area contributed by atoms with Crippen molar-refractivity contribution in [3.8, 4) is 11.3 Å². The summed E-state index contributed by atoms with van der Waals surface area (Å²) in [6.07, 6.45) is 4.54. The molecule has 2 aromatic carbocycles. The molecule has 3 fully saturated rings. The Bertz CT molecular complexity index is 1970. The van der Waals surface area contributed by atoms with Gasteiger partial charge < -0.3 is 24.8 Å². The SMILES string of the molecule is Cc1ccc(Nc2nc(-c3ccc4c(c3)N(C3CC(N5CCCCC5)C3)C(=O)C4(C)C)cc3ncn(C(C)C)c23)cc1C(O)NC1(C(F)F)CC1. The lowest BCUT2D eigenvalue weighted by atomic mass is 9.82. The second-order valence-electron chi connectivity index (χ2n) is 16.1. The first-order valence-corrected chi connectivity index (χ1v) is 18.6. The fraction of sp³-hybridized carbons (Fsp3) is 0.525. The van der Waals surface area contributed by atoms with Crippen LogP contribution in [0.1, 0.15) is 102 Å². The van der Waals surface area contributed by atoms with Crippen molar-refractivity contribution >= 4 is 34.1 Å². The molecule has 8 rings (SSSR count). The Morgan fingerprint density at radius 1 is 0.980 bits per heavy atom. The molecule has 1 atom stereocenters. The molecule has 2 saturated carbocycles. The third-order valence-electron chi connectivity index (χ3n) is 11.9. The molecular weight excluding hydrogens is 648 g/mol. The molecule has 9 nitrogen and oxygen atoms in total. The fourth-order valence-electron chi connectivity index (χ4n) is 8.40. The number of carbonyl (C=O) groups excluding carboxylic acids is 1. The predicted octanol–water partition coefficient (Wildman–Crippen LogP) is 7.75. The smallest absolute Gasteiger partial charge is 0.256 e. The highest BCUT2D eigenvalue weighted by Gasteiger charge is 2.52. The normalized spacial score (nSPS) is 23.2. The van der Waals surface area contributed by atoms with E-state index in [0.717, 1.165) is 65.0 Å². The van der Waals surface area contributed by atoms with Gasteiger partial charge in [0, 0.05) is 40.6 Å². The van der Waals surface area contributed by atoms with Gasteiger partial charge in [0.2, 0.25) is 5.91 Å². The molecule has 1 saturated heterocycles. The number of hydrogen-bond donors (Lipinski definition) is 3. The summed E-state index contributed by atoms with van der Waals surface area (Å²) in [5.41, 5.74) is 5.28. The van der Waals surface area contributed by atoms with Crippen molar-refractivity contribution in [2.24, 2.45) is 0 Å². The molecule has 0 bridgehead atoms.